The van der Waals surface area contributed by atoms with E-state index in [4.69, 9.17) is 5.73 Å². The number of rotatable bonds is 3. The van der Waals surface area contributed by atoms with Crippen molar-refractivity contribution in [2.45, 2.75) is 6.54 Å². The number of anilines is 2. The summed E-state index contributed by atoms with van der Waals surface area (Å²) in [6, 6.07) is 3.68. The number of nitrogens with zero attached hydrogens (tertiary/aromatic N) is 2. The molecule has 1 heterocycles. The number of nitrogens with two attached hydrogens (primary N) is 1. The molecule has 7 heteroatoms. The average Bonchev–Trinajstić information content (AvgIpc) is 2.65. The predicted octanol–water partition coefficient (Wildman–Crippen LogP) is 0.547. The largest absolute Gasteiger partial charge is 0.397 e. The lowest BCUT2D eigenvalue weighted by Crippen LogP contribution is -2.28. The minimum atomic E-state index is -0.477. The van der Waals surface area contributed by atoms with Crippen LogP contribution in [0.15, 0.2) is 35.4 Å². The molecule has 0 unspecified atom stereocenters. The van der Waals surface area contributed by atoms with E-state index in [-0.39, 0.29) is 17.9 Å². The van der Waals surface area contributed by atoms with Crippen LogP contribution in [0.2, 0.25) is 0 Å². The Balaban J connectivity index is 2.09. The second kappa shape index (κ2) is 4.97. The molecule has 6 nitrogen and oxygen atoms in total. The number of halogens is 1. The Hall–Kier alpha value is -2.57. The molecule has 1 amide bonds. The topological polar surface area (TPSA) is 82.1 Å². The highest BCUT2D eigenvalue weighted by Gasteiger charge is 2.09. The quantitative estimate of drug-likeness (QED) is 0.794. The number of imidazole rings is 1. The number of hydrogen-bond acceptors (Lipinski definition) is 3. The number of nitrogens with one attached hydrogen (secondary N) is 1. The molecule has 0 saturated carbocycles. The third-order valence-corrected chi connectivity index (χ3v) is 2.62. The zero-order valence-corrected chi connectivity index (χ0v) is 10.3. The summed E-state index contributed by atoms with van der Waals surface area (Å²) in [5.74, 6) is -0.888. The van der Waals surface area contributed by atoms with E-state index in [1.807, 2.05) is 0 Å². The molecule has 0 bridgehead atoms. The van der Waals surface area contributed by atoms with E-state index in [9.17, 15) is 14.0 Å². The first-order chi connectivity index (χ1) is 8.97. The molecule has 3 N–H and O–H groups in total. The minimum Gasteiger partial charge on any atom is -0.397 e. The Kier molecular flexibility index (Phi) is 3.37. The van der Waals surface area contributed by atoms with Gasteiger partial charge in [-0.1, -0.05) is 0 Å². The molecule has 2 aromatic rings. The van der Waals surface area contributed by atoms with Crippen molar-refractivity contribution in [2.75, 3.05) is 11.1 Å². The van der Waals surface area contributed by atoms with E-state index < -0.39 is 11.7 Å². The lowest BCUT2D eigenvalue weighted by molar-refractivity contribution is -0.116. The molecule has 1 aromatic heterocycles. The molecule has 19 heavy (non-hydrogen) atoms. The van der Waals surface area contributed by atoms with Gasteiger partial charge in [0.05, 0.1) is 11.4 Å². The smallest absolute Gasteiger partial charge is 0.328 e. The fraction of sp³-hybridized carbons (Fsp3) is 0.167. The van der Waals surface area contributed by atoms with Gasteiger partial charge < -0.3 is 15.6 Å². The highest BCUT2D eigenvalue weighted by molar-refractivity contribution is 5.93. The molecule has 0 aliphatic carbocycles. The van der Waals surface area contributed by atoms with Crippen LogP contribution in [0.5, 0.6) is 0 Å². The van der Waals surface area contributed by atoms with Crippen molar-refractivity contribution in [1.29, 1.82) is 0 Å². The van der Waals surface area contributed by atoms with Crippen molar-refractivity contribution < 1.29 is 9.18 Å². The fourth-order valence-corrected chi connectivity index (χ4v) is 1.62. The van der Waals surface area contributed by atoms with Crippen molar-refractivity contribution in [1.82, 2.24) is 9.13 Å². The number of hydrogen-bond donors (Lipinski definition) is 2. The van der Waals surface area contributed by atoms with Gasteiger partial charge in [-0.25, -0.2) is 9.18 Å². The lowest BCUT2D eigenvalue weighted by Gasteiger charge is -2.08. The third kappa shape index (κ3) is 2.82. The van der Waals surface area contributed by atoms with Crippen molar-refractivity contribution in [3.05, 3.63) is 46.9 Å². The highest BCUT2D eigenvalue weighted by Crippen LogP contribution is 2.18. The maximum Gasteiger partial charge on any atom is 0.328 e. The molecule has 0 radical (unpaired) electrons. The number of amides is 1. The van der Waals surface area contributed by atoms with Crippen LogP contribution in [0.25, 0.3) is 0 Å². The molecule has 0 spiro atoms. The molecule has 2 rings (SSSR count). The lowest BCUT2D eigenvalue weighted by atomic mass is 10.2. The summed E-state index contributed by atoms with van der Waals surface area (Å²) in [5.41, 5.74) is 5.73. The number of nitrogen functional groups attached to an aromatic ring is 1. The number of carbonyl (C=O) groups is 1. The Morgan fingerprint density at radius 1 is 1.42 bits per heavy atom. The first-order valence-electron chi connectivity index (χ1n) is 5.54. The summed E-state index contributed by atoms with van der Waals surface area (Å²) in [7, 11) is 1.59. The van der Waals surface area contributed by atoms with Crippen molar-refractivity contribution >= 4 is 17.3 Å². The van der Waals surface area contributed by atoms with Gasteiger partial charge in [0.25, 0.3) is 0 Å². The summed E-state index contributed by atoms with van der Waals surface area (Å²) < 4.78 is 15.5. The SMILES string of the molecule is Cn1ccn(CC(=O)Nc2ccc(F)cc2N)c1=O. The minimum absolute atomic E-state index is 0.128. The number of aromatic nitrogens is 2. The van der Waals surface area contributed by atoms with Crippen LogP contribution in [-0.2, 0) is 18.4 Å². The van der Waals surface area contributed by atoms with Gasteiger partial charge in [-0.15, -0.1) is 0 Å². The average molecular weight is 264 g/mol. The third-order valence-electron chi connectivity index (χ3n) is 2.62. The molecule has 0 fully saturated rings. The van der Waals surface area contributed by atoms with Crippen LogP contribution < -0.4 is 16.7 Å². The molecule has 0 aliphatic rings. The summed E-state index contributed by atoms with van der Waals surface area (Å²) in [6.07, 6.45) is 3.07. The van der Waals surface area contributed by atoms with Crippen LogP contribution in [-0.4, -0.2) is 15.0 Å². The van der Waals surface area contributed by atoms with Gasteiger partial charge in [-0.05, 0) is 18.2 Å². The van der Waals surface area contributed by atoms with Crippen LogP contribution in [0, 0.1) is 5.82 Å². The standard InChI is InChI=1S/C12H13FN4O2/c1-16-4-5-17(12(16)19)7-11(18)15-10-3-2-8(13)6-9(10)14/h2-6H,7,14H2,1H3,(H,15,18). The van der Waals surface area contributed by atoms with E-state index in [1.165, 1.54) is 27.5 Å². The Labute approximate surface area is 108 Å². The number of benzene rings is 1. The first kappa shape index (κ1) is 12.9. The molecule has 1 aromatic carbocycles. The van der Waals surface area contributed by atoms with Gasteiger partial charge in [0.1, 0.15) is 12.4 Å². The zero-order chi connectivity index (χ0) is 14.0. The van der Waals surface area contributed by atoms with Gasteiger partial charge >= 0.3 is 5.69 Å². The van der Waals surface area contributed by atoms with Gasteiger partial charge in [0.15, 0.2) is 0 Å². The van der Waals surface area contributed by atoms with Crippen LogP contribution >= 0.6 is 0 Å². The maximum atomic E-state index is 12.8. The van der Waals surface area contributed by atoms with E-state index >= 15 is 0 Å². The van der Waals surface area contributed by atoms with Crippen molar-refractivity contribution in [2.24, 2.45) is 7.05 Å². The predicted molar refractivity (Wildman–Crippen MR) is 69.1 cm³/mol. The normalized spacial score (nSPS) is 10.4. The summed E-state index contributed by atoms with van der Waals surface area (Å²) in [6.45, 7) is -0.128. The van der Waals surface area contributed by atoms with Gasteiger partial charge in [-0.3, -0.25) is 9.36 Å². The van der Waals surface area contributed by atoms with Crippen molar-refractivity contribution in [3.8, 4) is 0 Å². The monoisotopic (exact) mass is 264 g/mol. The number of aryl methyl sites for hydroxylation is 1. The van der Waals surface area contributed by atoms with Crippen LogP contribution in [0.4, 0.5) is 15.8 Å². The van der Waals surface area contributed by atoms with Gasteiger partial charge in [0.2, 0.25) is 5.91 Å². The van der Waals surface area contributed by atoms with Crippen LogP contribution in [0.3, 0.4) is 0 Å². The Bertz CT molecular complexity index is 675. The van der Waals surface area contributed by atoms with E-state index in [0.29, 0.717) is 5.69 Å². The van der Waals surface area contributed by atoms with Crippen molar-refractivity contribution in [3.63, 3.8) is 0 Å². The zero-order valence-electron chi connectivity index (χ0n) is 10.3. The molecular weight excluding hydrogens is 251 g/mol. The molecular formula is C12H13FN4O2. The fourth-order valence-electron chi connectivity index (χ4n) is 1.62. The highest BCUT2D eigenvalue weighted by atomic mass is 19.1. The molecule has 0 atom stereocenters. The first-order valence-corrected chi connectivity index (χ1v) is 5.54. The second-order valence-corrected chi connectivity index (χ2v) is 4.10. The molecule has 100 valence electrons. The Morgan fingerprint density at radius 3 is 2.74 bits per heavy atom. The maximum absolute atomic E-state index is 12.8. The van der Waals surface area contributed by atoms with Crippen LogP contribution in [0.1, 0.15) is 0 Å². The second-order valence-electron chi connectivity index (χ2n) is 4.10. The number of carbonyl (C=O) groups excluding carboxylic acids is 1. The van der Waals surface area contributed by atoms with E-state index in [0.717, 1.165) is 6.07 Å². The summed E-state index contributed by atoms with van der Waals surface area (Å²) in [5, 5.41) is 2.52. The van der Waals surface area contributed by atoms with E-state index in [1.54, 1.807) is 13.2 Å². The summed E-state index contributed by atoms with van der Waals surface area (Å²) >= 11 is 0. The molecule has 0 aliphatic heterocycles. The summed E-state index contributed by atoms with van der Waals surface area (Å²) in [4.78, 5) is 23.3. The van der Waals surface area contributed by atoms with Gasteiger partial charge in [0, 0.05) is 19.4 Å². The Morgan fingerprint density at radius 2 is 2.16 bits per heavy atom. The molecule has 0 saturated heterocycles. The van der Waals surface area contributed by atoms with Gasteiger partial charge in [-0.2, -0.15) is 0 Å². The van der Waals surface area contributed by atoms with E-state index in [2.05, 4.69) is 5.32 Å².